The molecule has 1 atom stereocenters. The monoisotopic (exact) mass is 433 g/mol. The third-order valence-corrected chi connectivity index (χ3v) is 6.75. The number of hydrogen-bond donors (Lipinski definition) is 0. The Morgan fingerprint density at radius 3 is 2.38 bits per heavy atom. The maximum absolute atomic E-state index is 5.86. The second kappa shape index (κ2) is 9.76. The van der Waals surface area contributed by atoms with Crippen LogP contribution in [0.5, 0.6) is 0 Å². The molecule has 4 heteroatoms. The van der Waals surface area contributed by atoms with Gasteiger partial charge in [0.05, 0.1) is 23.7 Å². The van der Waals surface area contributed by atoms with Gasteiger partial charge in [0.15, 0.2) is 0 Å². The number of rotatable bonds is 7. The van der Waals surface area contributed by atoms with E-state index in [1.165, 1.54) is 22.5 Å². The van der Waals surface area contributed by atoms with Crippen molar-refractivity contribution in [3.63, 3.8) is 0 Å². The highest BCUT2D eigenvalue weighted by Crippen LogP contribution is 2.31. The van der Waals surface area contributed by atoms with Crippen molar-refractivity contribution in [2.75, 3.05) is 19.7 Å². The maximum atomic E-state index is 5.86. The lowest BCUT2D eigenvalue weighted by atomic mass is 9.86. The molecule has 0 saturated carbocycles. The van der Waals surface area contributed by atoms with Gasteiger partial charge in [-0.3, -0.25) is 4.90 Å². The molecular weight excluding hydrogens is 394 g/mol. The molecule has 0 N–H and O–H groups in total. The Balaban J connectivity index is 1.44. The van der Waals surface area contributed by atoms with E-state index in [1.54, 1.807) is 0 Å². The maximum Gasteiger partial charge on any atom is 0.113 e. The van der Waals surface area contributed by atoms with Gasteiger partial charge in [-0.1, -0.05) is 57.2 Å². The van der Waals surface area contributed by atoms with E-state index in [2.05, 4.69) is 92.6 Å². The van der Waals surface area contributed by atoms with Gasteiger partial charge in [-0.2, -0.15) is 0 Å². The minimum absolute atomic E-state index is 0.188. The van der Waals surface area contributed by atoms with Crippen molar-refractivity contribution in [2.45, 2.75) is 78.0 Å². The Morgan fingerprint density at radius 1 is 1.03 bits per heavy atom. The van der Waals surface area contributed by atoms with Crippen molar-refractivity contribution in [2.24, 2.45) is 0 Å². The lowest BCUT2D eigenvalue weighted by Crippen LogP contribution is -2.33. The van der Waals surface area contributed by atoms with Gasteiger partial charge in [0.25, 0.3) is 0 Å². The molecule has 2 aromatic carbocycles. The van der Waals surface area contributed by atoms with E-state index in [9.17, 15) is 0 Å². The minimum atomic E-state index is 0.188. The van der Waals surface area contributed by atoms with Crippen molar-refractivity contribution in [3.8, 4) is 0 Å². The topological polar surface area (TPSA) is 30.3 Å². The third-order valence-electron chi connectivity index (χ3n) is 6.75. The molecule has 3 aromatic rings. The van der Waals surface area contributed by atoms with E-state index in [4.69, 9.17) is 9.72 Å². The van der Waals surface area contributed by atoms with Crippen LogP contribution >= 0.6 is 0 Å². The number of piperidine rings is 1. The SMILES string of the molecule is CCOC(C)Cn1c(C2CCN(Cc3ccc(C(C)(C)C)cc3)CC2)nc2ccccc21. The fourth-order valence-electron chi connectivity index (χ4n) is 4.91. The number of fused-ring (bicyclic) bond motifs is 1. The summed E-state index contributed by atoms with van der Waals surface area (Å²) >= 11 is 0. The van der Waals surface area contributed by atoms with E-state index in [0.29, 0.717) is 5.92 Å². The third kappa shape index (κ3) is 5.24. The predicted octanol–water partition coefficient (Wildman–Crippen LogP) is 6.14. The molecule has 4 nitrogen and oxygen atoms in total. The Labute approximate surface area is 193 Å². The van der Waals surface area contributed by atoms with Gasteiger partial charge in [0, 0.05) is 19.1 Å². The van der Waals surface area contributed by atoms with E-state index in [0.717, 1.165) is 51.1 Å². The van der Waals surface area contributed by atoms with E-state index in [1.807, 2.05) is 0 Å². The summed E-state index contributed by atoms with van der Waals surface area (Å²) in [7, 11) is 0. The number of likely N-dealkylation sites (tertiary alicyclic amines) is 1. The normalized spacial score (nSPS) is 17.2. The summed E-state index contributed by atoms with van der Waals surface area (Å²) in [5.74, 6) is 1.75. The highest BCUT2D eigenvalue weighted by molar-refractivity contribution is 5.76. The standard InChI is InChI=1S/C28H39N3O/c1-6-32-21(2)19-31-26-10-8-7-9-25(26)29-27(31)23-15-17-30(18-16-23)20-22-11-13-24(14-12-22)28(3,4)5/h7-14,21,23H,6,15-20H2,1-5H3. The van der Waals surface area contributed by atoms with Crippen LogP contribution in [-0.4, -0.2) is 40.3 Å². The Bertz CT molecular complexity index is 1010. The molecule has 32 heavy (non-hydrogen) atoms. The van der Waals surface area contributed by atoms with Gasteiger partial charge in [-0.05, 0) is 68.5 Å². The lowest BCUT2D eigenvalue weighted by Gasteiger charge is -2.32. The molecule has 1 fully saturated rings. The Hall–Kier alpha value is -2.17. The zero-order valence-corrected chi connectivity index (χ0v) is 20.5. The van der Waals surface area contributed by atoms with E-state index in [-0.39, 0.29) is 11.5 Å². The average Bonchev–Trinajstić information content (AvgIpc) is 3.12. The molecule has 1 aliphatic rings. The quantitative estimate of drug-likeness (QED) is 0.448. The van der Waals surface area contributed by atoms with Crippen LogP contribution in [0.25, 0.3) is 11.0 Å². The van der Waals surface area contributed by atoms with Gasteiger partial charge < -0.3 is 9.30 Å². The highest BCUT2D eigenvalue weighted by Gasteiger charge is 2.26. The first-order valence-electron chi connectivity index (χ1n) is 12.2. The van der Waals surface area contributed by atoms with Crippen LogP contribution in [0.2, 0.25) is 0 Å². The molecule has 0 aliphatic carbocycles. The number of imidazole rings is 1. The first-order chi connectivity index (χ1) is 15.3. The van der Waals surface area contributed by atoms with Crippen molar-refractivity contribution >= 4 is 11.0 Å². The summed E-state index contributed by atoms with van der Waals surface area (Å²) in [6.07, 6.45) is 2.51. The number of aromatic nitrogens is 2. The van der Waals surface area contributed by atoms with Crippen molar-refractivity contribution in [1.29, 1.82) is 0 Å². The average molecular weight is 434 g/mol. The molecule has 0 radical (unpaired) electrons. The number of benzene rings is 2. The van der Waals surface area contributed by atoms with Crippen molar-refractivity contribution in [1.82, 2.24) is 14.5 Å². The first-order valence-corrected chi connectivity index (χ1v) is 12.2. The Morgan fingerprint density at radius 2 is 1.72 bits per heavy atom. The fourth-order valence-corrected chi connectivity index (χ4v) is 4.91. The van der Waals surface area contributed by atoms with Crippen molar-refractivity contribution in [3.05, 3.63) is 65.5 Å². The fraction of sp³-hybridized carbons (Fsp3) is 0.536. The van der Waals surface area contributed by atoms with Crippen LogP contribution in [0, 0.1) is 0 Å². The number of nitrogens with zero attached hydrogens (tertiary/aromatic N) is 3. The summed E-state index contributed by atoms with van der Waals surface area (Å²) in [5.41, 5.74) is 5.36. The number of para-hydroxylation sites is 2. The van der Waals surface area contributed by atoms with E-state index < -0.39 is 0 Å². The Kier molecular flexibility index (Phi) is 7.02. The predicted molar refractivity (Wildman–Crippen MR) is 133 cm³/mol. The zero-order chi connectivity index (χ0) is 22.7. The second-order valence-electron chi connectivity index (χ2n) is 10.3. The first kappa shape index (κ1) is 23.0. The van der Waals surface area contributed by atoms with Gasteiger partial charge >= 0.3 is 0 Å². The molecular formula is C28H39N3O. The number of hydrogen-bond acceptors (Lipinski definition) is 3. The van der Waals surface area contributed by atoms with Crippen LogP contribution in [0.1, 0.15) is 70.3 Å². The summed E-state index contributed by atoms with van der Waals surface area (Å²) < 4.78 is 8.28. The van der Waals surface area contributed by atoms with Crippen LogP contribution in [0.4, 0.5) is 0 Å². The van der Waals surface area contributed by atoms with Crippen LogP contribution in [0.3, 0.4) is 0 Å². The molecule has 0 bridgehead atoms. The summed E-state index contributed by atoms with van der Waals surface area (Å²) in [4.78, 5) is 7.68. The molecule has 4 rings (SSSR count). The molecule has 1 aliphatic heterocycles. The lowest BCUT2D eigenvalue weighted by molar-refractivity contribution is 0.0636. The molecule has 1 aromatic heterocycles. The van der Waals surface area contributed by atoms with Crippen molar-refractivity contribution < 1.29 is 4.74 Å². The van der Waals surface area contributed by atoms with E-state index >= 15 is 0 Å². The summed E-state index contributed by atoms with van der Waals surface area (Å²) in [6.45, 7) is 15.9. The second-order valence-corrected chi connectivity index (χ2v) is 10.3. The zero-order valence-electron chi connectivity index (χ0n) is 20.5. The minimum Gasteiger partial charge on any atom is -0.377 e. The molecule has 1 saturated heterocycles. The van der Waals surface area contributed by atoms with Crippen LogP contribution < -0.4 is 0 Å². The van der Waals surface area contributed by atoms with Crippen LogP contribution in [0.15, 0.2) is 48.5 Å². The van der Waals surface area contributed by atoms with Gasteiger partial charge in [-0.25, -0.2) is 4.98 Å². The van der Waals surface area contributed by atoms with Gasteiger partial charge in [0.2, 0.25) is 0 Å². The smallest absolute Gasteiger partial charge is 0.113 e. The summed E-state index contributed by atoms with van der Waals surface area (Å²) in [6, 6.07) is 17.7. The van der Waals surface area contributed by atoms with Crippen LogP contribution in [-0.2, 0) is 23.2 Å². The molecule has 1 unspecified atom stereocenters. The number of ether oxygens (including phenoxy) is 1. The largest absolute Gasteiger partial charge is 0.377 e. The van der Waals surface area contributed by atoms with Gasteiger partial charge in [0.1, 0.15) is 5.82 Å². The molecule has 172 valence electrons. The molecule has 2 heterocycles. The van der Waals surface area contributed by atoms with Gasteiger partial charge in [-0.15, -0.1) is 0 Å². The molecule has 0 spiro atoms. The summed E-state index contributed by atoms with van der Waals surface area (Å²) in [5, 5.41) is 0. The molecule has 0 amide bonds. The highest BCUT2D eigenvalue weighted by atomic mass is 16.5.